The highest BCUT2D eigenvalue weighted by molar-refractivity contribution is 9.10. The quantitative estimate of drug-likeness (QED) is 0.468. The van der Waals surface area contributed by atoms with Gasteiger partial charge in [-0.05, 0) is 41.3 Å². The normalized spacial score (nSPS) is 21.8. The van der Waals surface area contributed by atoms with Crippen LogP contribution < -0.4 is 0 Å². The minimum atomic E-state index is -0.549. The van der Waals surface area contributed by atoms with Crippen LogP contribution in [0.25, 0.3) is 0 Å². The summed E-state index contributed by atoms with van der Waals surface area (Å²) < 4.78 is 10.9. The van der Waals surface area contributed by atoms with Crippen molar-refractivity contribution in [1.29, 1.82) is 0 Å². The van der Waals surface area contributed by atoms with E-state index in [9.17, 15) is 14.9 Å². The molecule has 0 heterocycles. The van der Waals surface area contributed by atoms with Gasteiger partial charge in [0.25, 0.3) is 5.69 Å². The van der Waals surface area contributed by atoms with Crippen LogP contribution in [0.1, 0.15) is 36.0 Å². The number of carbonyl (C=O) groups excluding carboxylic acids is 1. The van der Waals surface area contributed by atoms with E-state index in [2.05, 4.69) is 15.9 Å². The Morgan fingerprint density at radius 2 is 2.10 bits per heavy atom. The van der Waals surface area contributed by atoms with E-state index in [0.29, 0.717) is 6.42 Å². The molecule has 21 heavy (non-hydrogen) atoms. The minimum Gasteiger partial charge on any atom is -0.459 e. The molecule has 1 aromatic rings. The third kappa shape index (κ3) is 3.79. The number of nitrogens with zero attached hydrogens (tertiary/aromatic N) is 1. The van der Waals surface area contributed by atoms with Crippen LogP contribution >= 0.6 is 15.9 Å². The Morgan fingerprint density at radius 1 is 1.38 bits per heavy atom. The van der Waals surface area contributed by atoms with Crippen molar-refractivity contribution in [1.82, 2.24) is 0 Å². The zero-order chi connectivity index (χ0) is 15.4. The first-order valence-corrected chi connectivity index (χ1v) is 7.49. The number of hydrogen-bond donors (Lipinski definition) is 0. The van der Waals surface area contributed by atoms with Gasteiger partial charge in [-0.1, -0.05) is 6.07 Å². The maximum Gasteiger partial charge on any atom is 0.339 e. The van der Waals surface area contributed by atoms with Gasteiger partial charge in [0.15, 0.2) is 0 Å². The van der Waals surface area contributed by atoms with Gasteiger partial charge in [0.1, 0.15) is 10.6 Å². The van der Waals surface area contributed by atoms with Crippen molar-refractivity contribution in [3.63, 3.8) is 0 Å². The first-order valence-electron chi connectivity index (χ1n) is 6.69. The summed E-state index contributed by atoms with van der Waals surface area (Å²) in [5, 5.41) is 10.9. The number of methoxy groups -OCH3 is 1. The molecule has 2 atom stereocenters. The second-order valence-corrected chi connectivity index (χ2v) is 5.74. The van der Waals surface area contributed by atoms with Gasteiger partial charge in [0.05, 0.1) is 16.6 Å². The number of rotatable bonds is 4. The molecule has 114 valence electrons. The third-order valence-corrected chi connectivity index (χ3v) is 4.41. The Hall–Kier alpha value is -1.47. The van der Waals surface area contributed by atoms with Gasteiger partial charge in [0.2, 0.25) is 0 Å². The van der Waals surface area contributed by atoms with E-state index in [1.807, 2.05) is 0 Å². The molecule has 0 radical (unpaired) electrons. The highest BCUT2D eigenvalue weighted by Gasteiger charge is 2.27. The Kier molecular flexibility index (Phi) is 5.30. The molecule has 0 N–H and O–H groups in total. The number of carbonyl (C=O) groups is 1. The molecular weight excluding hydrogens is 342 g/mol. The maximum absolute atomic E-state index is 12.2. The van der Waals surface area contributed by atoms with E-state index >= 15 is 0 Å². The van der Waals surface area contributed by atoms with Crippen molar-refractivity contribution in [3.05, 3.63) is 38.3 Å². The summed E-state index contributed by atoms with van der Waals surface area (Å²) in [7, 11) is 1.64. The molecule has 6 nitrogen and oxygen atoms in total. The van der Waals surface area contributed by atoms with E-state index in [-0.39, 0.29) is 27.9 Å². The molecule has 7 heteroatoms. The van der Waals surface area contributed by atoms with Gasteiger partial charge in [-0.2, -0.15) is 0 Å². The highest BCUT2D eigenvalue weighted by Crippen LogP contribution is 2.30. The summed E-state index contributed by atoms with van der Waals surface area (Å²) in [5.74, 6) is -0.549. The average molecular weight is 358 g/mol. The predicted octanol–water partition coefficient (Wildman–Crippen LogP) is 3.47. The molecule has 0 bridgehead atoms. The number of hydrogen-bond acceptors (Lipinski definition) is 5. The van der Waals surface area contributed by atoms with Crippen LogP contribution in [0.4, 0.5) is 5.69 Å². The van der Waals surface area contributed by atoms with E-state index in [1.165, 1.54) is 18.2 Å². The monoisotopic (exact) mass is 357 g/mol. The molecule has 0 saturated heterocycles. The van der Waals surface area contributed by atoms with Crippen molar-refractivity contribution in [2.75, 3.05) is 7.11 Å². The van der Waals surface area contributed by atoms with E-state index in [0.717, 1.165) is 19.3 Å². The molecule has 0 aliphatic heterocycles. The molecule has 0 spiro atoms. The van der Waals surface area contributed by atoms with Crippen molar-refractivity contribution < 1.29 is 19.2 Å². The molecule has 1 aliphatic rings. The Balaban J connectivity index is 2.10. The largest absolute Gasteiger partial charge is 0.459 e. The van der Waals surface area contributed by atoms with Crippen LogP contribution in [0.5, 0.6) is 0 Å². The molecule has 2 rings (SSSR count). The molecule has 0 amide bonds. The van der Waals surface area contributed by atoms with E-state index in [1.54, 1.807) is 7.11 Å². The predicted molar refractivity (Wildman–Crippen MR) is 79.3 cm³/mol. The molecule has 1 saturated carbocycles. The molecule has 2 unspecified atom stereocenters. The second-order valence-electron chi connectivity index (χ2n) is 4.95. The van der Waals surface area contributed by atoms with E-state index in [4.69, 9.17) is 9.47 Å². The number of nitro groups is 1. The zero-order valence-electron chi connectivity index (χ0n) is 11.6. The average Bonchev–Trinajstić information content (AvgIpc) is 2.47. The van der Waals surface area contributed by atoms with Crippen LogP contribution in [-0.2, 0) is 9.47 Å². The van der Waals surface area contributed by atoms with Gasteiger partial charge in [-0.25, -0.2) is 4.79 Å². The van der Waals surface area contributed by atoms with Crippen molar-refractivity contribution >= 4 is 27.6 Å². The van der Waals surface area contributed by atoms with Gasteiger partial charge >= 0.3 is 5.97 Å². The van der Waals surface area contributed by atoms with Gasteiger partial charge < -0.3 is 9.47 Å². The Morgan fingerprint density at radius 3 is 2.76 bits per heavy atom. The topological polar surface area (TPSA) is 78.7 Å². The van der Waals surface area contributed by atoms with Gasteiger partial charge in [-0.3, -0.25) is 10.1 Å². The zero-order valence-corrected chi connectivity index (χ0v) is 13.2. The van der Waals surface area contributed by atoms with E-state index < -0.39 is 10.9 Å². The SMILES string of the molecule is COC1CCCC(OC(=O)c2cccc([N+](=O)[O-])c2Br)C1. The third-order valence-electron chi connectivity index (χ3n) is 3.58. The summed E-state index contributed by atoms with van der Waals surface area (Å²) in [6.45, 7) is 0. The van der Waals surface area contributed by atoms with Crippen LogP contribution in [0.15, 0.2) is 22.7 Å². The molecule has 1 aromatic carbocycles. The smallest absolute Gasteiger partial charge is 0.339 e. The van der Waals surface area contributed by atoms with Crippen molar-refractivity contribution in [3.8, 4) is 0 Å². The molecule has 1 aliphatic carbocycles. The maximum atomic E-state index is 12.2. The standard InChI is InChI=1S/C14H16BrNO5/c1-20-9-4-2-5-10(8-9)21-14(17)11-6-3-7-12(13(11)15)16(18)19/h3,6-7,9-10H,2,4-5,8H2,1H3. The number of ether oxygens (including phenoxy) is 2. The number of nitro benzene ring substituents is 1. The number of halogens is 1. The van der Waals surface area contributed by atoms with Crippen molar-refractivity contribution in [2.24, 2.45) is 0 Å². The van der Waals surface area contributed by atoms with Gasteiger partial charge in [-0.15, -0.1) is 0 Å². The lowest BCUT2D eigenvalue weighted by Crippen LogP contribution is -2.29. The lowest BCUT2D eigenvalue weighted by Gasteiger charge is -2.27. The van der Waals surface area contributed by atoms with Crippen LogP contribution in [0, 0.1) is 10.1 Å². The Bertz CT molecular complexity index is 548. The van der Waals surface area contributed by atoms with Crippen LogP contribution in [0.2, 0.25) is 0 Å². The summed E-state index contributed by atoms with van der Waals surface area (Å²) in [6.07, 6.45) is 3.25. The summed E-state index contributed by atoms with van der Waals surface area (Å²) in [4.78, 5) is 22.5. The Labute approximate surface area is 130 Å². The van der Waals surface area contributed by atoms with Crippen LogP contribution in [0.3, 0.4) is 0 Å². The number of esters is 1. The fourth-order valence-corrected chi connectivity index (χ4v) is 3.03. The first-order chi connectivity index (χ1) is 10.0. The lowest BCUT2D eigenvalue weighted by molar-refractivity contribution is -0.385. The fraction of sp³-hybridized carbons (Fsp3) is 0.500. The van der Waals surface area contributed by atoms with Crippen molar-refractivity contribution in [2.45, 2.75) is 37.9 Å². The first kappa shape index (κ1) is 15.9. The molecular formula is C14H16BrNO5. The fourth-order valence-electron chi connectivity index (χ4n) is 2.46. The molecule has 0 aromatic heterocycles. The van der Waals surface area contributed by atoms with Gasteiger partial charge in [0, 0.05) is 19.6 Å². The summed E-state index contributed by atoms with van der Waals surface area (Å²) in [6, 6.07) is 4.32. The summed E-state index contributed by atoms with van der Waals surface area (Å²) in [5.41, 5.74) is 0.0200. The minimum absolute atomic E-state index is 0.102. The van der Waals surface area contributed by atoms with Crippen LogP contribution in [-0.4, -0.2) is 30.2 Å². The summed E-state index contributed by atoms with van der Waals surface area (Å²) >= 11 is 3.11. The second kappa shape index (κ2) is 7.00. The molecule has 1 fully saturated rings. The number of benzene rings is 1. The highest BCUT2D eigenvalue weighted by atomic mass is 79.9. The lowest BCUT2D eigenvalue weighted by atomic mass is 9.95.